The molecule has 3 nitrogen and oxygen atoms in total. The fourth-order valence-electron chi connectivity index (χ4n) is 0.711. The maximum Gasteiger partial charge on any atom is 0.230 e. The minimum absolute atomic E-state index is 0.0793. The van der Waals surface area contributed by atoms with Gasteiger partial charge in [-0.05, 0) is 6.92 Å². The molecule has 1 aromatic rings. The van der Waals surface area contributed by atoms with Crippen LogP contribution in [0.3, 0.4) is 0 Å². The minimum Gasteiger partial charge on any atom is -0.302 e. The van der Waals surface area contributed by atoms with E-state index in [-0.39, 0.29) is 11.8 Å². The van der Waals surface area contributed by atoms with Gasteiger partial charge >= 0.3 is 0 Å². The second-order valence-electron chi connectivity index (χ2n) is 2.82. The van der Waals surface area contributed by atoms with Gasteiger partial charge in [0.1, 0.15) is 0 Å². The molecule has 0 radical (unpaired) electrons. The van der Waals surface area contributed by atoms with Crippen LogP contribution in [0.2, 0.25) is 0 Å². The number of amides is 1. The molecule has 1 atom stereocenters. The van der Waals surface area contributed by atoms with Crippen LogP contribution in [-0.2, 0) is 4.79 Å². The highest BCUT2D eigenvalue weighted by Gasteiger charge is 2.12. The zero-order valence-corrected chi connectivity index (χ0v) is 9.08. The molecule has 72 valence electrons. The third-order valence-corrected chi connectivity index (χ3v) is 2.82. The molecule has 0 aromatic carbocycles. The maximum absolute atomic E-state index is 11.3. The Labute approximate surface area is 86.1 Å². The average Bonchev–Trinajstić information content (AvgIpc) is 2.49. The Hall–Kier alpha value is -0.610. The summed E-state index contributed by atoms with van der Waals surface area (Å²) in [5, 5.41) is 3.34. The molecule has 0 aliphatic rings. The topological polar surface area (TPSA) is 42.0 Å². The first-order valence-corrected chi connectivity index (χ1v) is 5.28. The number of hydrogen-bond acceptors (Lipinski definition) is 3. The van der Waals surface area contributed by atoms with Gasteiger partial charge in [-0.1, -0.05) is 6.92 Å². The standard InChI is InChI=1S/C8H11ClN2OS/c1-5(3-9)7(12)11-8-10-4-6(2)13-8/h4-5H,3H2,1-2H3,(H,10,11,12). The van der Waals surface area contributed by atoms with Crippen LogP contribution in [0.5, 0.6) is 0 Å². The van der Waals surface area contributed by atoms with Gasteiger partial charge in [-0.3, -0.25) is 4.79 Å². The van der Waals surface area contributed by atoms with E-state index in [2.05, 4.69) is 10.3 Å². The van der Waals surface area contributed by atoms with E-state index in [0.717, 1.165) is 4.88 Å². The number of halogens is 1. The Morgan fingerprint density at radius 2 is 2.54 bits per heavy atom. The molecule has 0 fully saturated rings. The van der Waals surface area contributed by atoms with Crippen molar-refractivity contribution in [3.8, 4) is 0 Å². The average molecular weight is 219 g/mol. The molecule has 0 bridgehead atoms. The lowest BCUT2D eigenvalue weighted by Gasteiger charge is -2.05. The molecule has 0 aliphatic heterocycles. The van der Waals surface area contributed by atoms with Gasteiger partial charge in [-0.15, -0.1) is 22.9 Å². The maximum atomic E-state index is 11.3. The van der Waals surface area contributed by atoms with Crippen molar-refractivity contribution in [2.75, 3.05) is 11.2 Å². The molecule has 13 heavy (non-hydrogen) atoms. The van der Waals surface area contributed by atoms with Crippen LogP contribution < -0.4 is 5.32 Å². The molecule has 1 rings (SSSR count). The first-order valence-electron chi connectivity index (χ1n) is 3.92. The molecule has 1 amide bonds. The van der Waals surface area contributed by atoms with Crippen molar-refractivity contribution < 1.29 is 4.79 Å². The second kappa shape index (κ2) is 4.58. The van der Waals surface area contributed by atoms with Gasteiger partial charge in [-0.2, -0.15) is 0 Å². The number of hydrogen-bond donors (Lipinski definition) is 1. The lowest BCUT2D eigenvalue weighted by molar-refractivity contribution is -0.118. The van der Waals surface area contributed by atoms with Crippen LogP contribution >= 0.6 is 22.9 Å². The van der Waals surface area contributed by atoms with Crippen molar-refractivity contribution in [1.82, 2.24) is 4.98 Å². The lowest BCUT2D eigenvalue weighted by Crippen LogP contribution is -2.21. The number of aryl methyl sites for hydroxylation is 1. The largest absolute Gasteiger partial charge is 0.302 e. The molecular weight excluding hydrogens is 208 g/mol. The zero-order chi connectivity index (χ0) is 9.84. The number of carbonyl (C=O) groups is 1. The van der Waals surface area contributed by atoms with Crippen molar-refractivity contribution in [1.29, 1.82) is 0 Å². The van der Waals surface area contributed by atoms with E-state index in [1.807, 2.05) is 6.92 Å². The van der Waals surface area contributed by atoms with Crippen LogP contribution in [0.25, 0.3) is 0 Å². The van der Waals surface area contributed by atoms with Gasteiger partial charge in [0, 0.05) is 22.9 Å². The fraction of sp³-hybridized carbons (Fsp3) is 0.500. The van der Waals surface area contributed by atoms with Gasteiger partial charge in [0.05, 0.1) is 0 Å². The Morgan fingerprint density at radius 1 is 1.85 bits per heavy atom. The molecule has 0 spiro atoms. The van der Waals surface area contributed by atoms with E-state index in [9.17, 15) is 4.79 Å². The first kappa shape index (κ1) is 10.5. The Morgan fingerprint density at radius 3 is 3.00 bits per heavy atom. The quantitative estimate of drug-likeness (QED) is 0.791. The highest BCUT2D eigenvalue weighted by Crippen LogP contribution is 2.17. The Bertz CT molecular complexity index is 300. The molecule has 0 saturated carbocycles. The third-order valence-electron chi connectivity index (χ3n) is 1.53. The zero-order valence-electron chi connectivity index (χ0n) is 7.50. The van der Waals surface area contributed by atoms with Crippen molar-refractivity contribution in [3.05, 3.63) is 11.1 Å². The van der Waals surface area contributed by atoms with Gasteiger partial charge in [0.15, 0.2) is 5.13 Å². The smallest absolute Gasteiger partial charge is 0.230 e. The SMILES string of the molecule is Cc1cnc(NC(=O)C(C)CCl)s1. The summed E-state index contributed by atoms with van der Waals surface area (Å²) in [6.07, 6.45) is 1.73. The molecular formula is C8H11ClN2OS. The number of alkyl halides is 1. The van der Waals surface area contributed by atoms with Crippen LogP contribution in [0, 0.1) is 12.8 Å². The predicted molar refractivity (Wildman–Crippen MR) is 55.4 cm³/mol. The van der Waals surface area contributed by atoms with Crippen LogP contribution in [0.4, 0.5) is 5.13 Å². The number of thiazole rings is 1. The summed E-state index contributed by atoms with van der Waals surface area (Å²) < 4.78 is 0. The van der Waals surface area contributed by atoms with E-state index < -0.39 is 0 Å². The summed E-state index contributed by atoms with van der Waals surface area (Å²) in [6.45, 7) is 3.72. The number of nitrogens with zero attached hydrogens (tertiary/aromatic N) is 1. The summed E-state index contributed by atoms with van der Waals surface area (Å²) in [4.78, 5) is 16.4. The molecule has 1 N–H and O–H groups in total. The van der Waals surface area contributed by atoms with E-state index in [1.165, 1.54) is 11.3 Å². The molecule has 1 heterocycles. The lowest BCUT2D eigenvalue weighted by atomic mass is 10.2. The highest BCUT2D eigenvalue weighted by atomic mass is 35.5. The Balaban J connectivity index is 2.54. The van der Waals surface area contributed by atoms with Gasteiger partial charge in [-0.25, -0.2) is 4.98 Å². The molecule has 5 heteroatoms. The van der Waals surface area contributed by atoms with E-state index in [0.29, 0.717) is 11.0 Å². The van der Waals surface area contributed by atoms with Gasteiger partial charge in [0.2, 0.25) is 5.91 Å². The molecule has 1 aromatic heterocycles. The summed E-state index contributed by atoms with van der Waals surface area (Å²) in [7, 11) is 0. The molecule has 1 unspecified atom stereocenters. The van der Waals surface area contributed by atoms with Crippen LogP contribution in [0.15, 0.2) is 6.20 Å². The van der Waals surface area contributed by atoms with Crippen LogP contribution in [-0.4, -0.2) is 16.8 Å². The van der Waals surface area contributed by atoms with Crippen LogP contribution in [0.1, 0.15) is 11.8 Å². The summed E-state index contributed by atoms with van der Waals surface area (Å²) in [5.74, 6) is 0.0751. The van der Waals surface area contributed by atoms with E-state index >= 15 is 0 Å². The minimum atomic E-state index is -0.175. The predicted octanol–water partition coefficient (Wildman–Crippen LogP) is 2.26. The van der Waals surface area contributed by atoms with Crippen molar-refractivity contribution in [2.24, 2.45) is 5.92 Å². The second-order valence-corrected chi connectivity index (χ2v) is 4.36. The number of aromatic nitrogens is 1. The van der Waals surface area contributed by atoms with Crippen molar-refractivity contribution >= 4 is 34.0 Å². The van der Waals surface area contributed by atoms with E-state index in [4.69, 9.17) is 11.6 Å². The summed E-state index contributed by atoms with van der Waals surface area (Å²) >= 11 is 7.00. The number of carbonyl (C=O) groups excluding carboxylic acids is 1. The fourth-order valence-corrected chi connectivity index (χ4v) is 1.52. The van der Waals surface area contributed by atoms with Gasteiger partial charge in [0.25, 0.3) is 0 Å². The highest BCUT2D eigenvalue weighted by molar-refractivity contribution is 7.15. The first-order chi connectivity index (χ1) is 6.13. The number of rotatable bonds is 3. The Kier molecular flexibility index (Phi) is 3.69. The summed E-state index contributed by atoms with van der Waals surface area (Å²) in [5.41, 5.74) is 0. The number of anilines is 1. The number of nitrogens with one attached hydrogen (secondary N) is 1. The third kappa shape index (κ3) is 2.97. The molecule has 0 saturated heterocycles. The van der Waals surface area contributed by atoms with Gasteiger partial charge < -0.3 is 5.32 Å². The van der Waals surface area contributed by atoms with Crippen molar-refractivity contribution in [2.45, 2.75) is 13.8 Å². The monoisotopic (exact) mass is 218 g/mol. The summed E-state index contributed by atoms with van der Waals surface area (Å²) in [6, 6.07) is 0. The van der Waals surface area contributed by atoms with E-state index in [1.54, 1.807) is 13.1 Å². The normalized spacial score (nSPS) is 12.5. The molecule has 0 aliphatic carbocycles. The van der Waals surface area contributed by atoms with Crippen molar-refractivity contribution in [3.63, 3.8) is 0 Å².